The Bertz CT molecular complexity index is 181. The van der Waals surface area contributed by atoms with Crippen LogP contribution >= 0.6 is 15.8 Å². The van der Waals surface area contributed by atoms with Crippen LogP contribution in [0.2, 0.25) is 0 Å². The molecular weight excluding hydrogens is 230 g/mol. The highest BCUT2D eigenvalue weighted by Crippen LogP contribution is 2.53. The first-order chi connectivity index (χ1) is 7.90. The van der Waals surface area contributed by atoms with Crippen LogP contribution in [0, 0.1) is 0 Å². The van der Waals surface area contributed by atoms with Gasteiger partial charge in [0.2, 0.25) is 0 Å². The molecule has 2 fully saturated rings. The van der Waals surface area contributed by atoms with Crippen LogP contribution in [-0.4, -0.2) is 36.5 Å². The fourth-order valence-electron chi connectivity index (χ4n) is 3.23. The van der Waals surface area contributed by atoms with E-state index < -0.39 is 0 Å². The summed E-state index contributed by atoms with van der Waals surface area (Å²) in [6.45, 7) is 2.46. The summed E-state index contributed by atoms with van der Waals surface area (Å²) in [5.74, 6) is 0. The van der Waals surface area contributed by atoms with E-state index in [4.69, 9.17) is 0 Å². The first-order valence-corrected chi connectivity index (χ1v) is 11.0. The summed E-state index contributed by atoms with van der Waals surface area (Å²) < 4.78 is 0. The number of hydrogen-bond donors (Lipinski definition) is 0. The highest BCUT2D eigenvalue weighted by atomic mass is 31.1. The van der Waals surface area contributed by atoms with Crippen molar-refractivity contribution in [2.45, 2.75) is 57.5 Å². The monoisotopic (exact) mass is 258 g/mol. The zero-order chi connectivity index (χ0) is 11.2. The molecule has 1 unspecified atom stereocenters. The first-order valence-electron chi connectivity index (χ1n) is 7.36. The van der Waals surface area contributed by atoms with Crippen molar-refractivity contribution in [2.75, 3.05) is 30.8 Å². The predicted molar refractivity (Wildman–Crippen MR) is 80.0 cm³/mol. The SMILES string of the molecule is CCC(CP1CCCCC1)P1CCCCC1. The van der Waals surface area contributed by atoms with Gasteiger partial charge in [0.25, 0.3) is 0 Å². The maximum Gasteiger partial charge on any atom is -0.0172 e. The Kier molecular flexibility index (Phi) is 6.09. The zero-order valence-corrected chi connectivity index (χ0v) is 12.7. The molecular formula is C14H28P2. The molecule has 0 radical (unpaired) electrons. The van der Waals surface area contributed by atoms with E-state index >= 15 is 0 Å². The molecule has 0 aliphatic carbocycles. The van der Waals surface area contributed by atoms with Gasteiger partial charge in [-0.1, -0.05) is 19.8 Å². The second-order valence-electron chi connectivity index (χ2n) is 5.52. The molecule has 0 nitrogen and oxygen atoms in total. The Labute approximate surface area is 104 Å². The van der Waals surface area contributed by atoms with Gasteiger partial charge >= 0.3 is 0 Å². The number of hydrogen-bond acceptors (Lipinski definition) is 0. The van der Waals surface area contributed by atoms with Gasteiger partial charge in [-0.2, -0.15) is 0 Å². The van der Waals surface area contributed by atoms with Gasteiger partial charge in [-0.25, -0.2) is 0 Å². The Morgan fingerprint density at radius 2 is 1.38 bits per heavy atom. The standard InChI is InChI=1S/C14H28P2/c1-2-14(16-11-7-4-8-12-16)13-15-9-5-3-6-10-15/h14H,2-13H2,1H3. The van der Waals surface area contributed by atoms with E-state index in [0.29, 0.717) is 15.8 Å². The molecule has 2 rings (SSSR count). The zero-order valence-electron chi connectivity index (χ0n) is 11.0. The maximum atomic E-state index is 2.46. The van der Waals surface area contributed by atoms with Crippen LogP contribution in [0.3, 0.4) is 0 Å². The van der Waals surface area contributed by atoms with Gasteiger partial charge in [-0.3, -0.25) is 0 Å². The lowest BCUT2D eigenvalue weighted by Crippen LogP contribution is -2.18. The quantitative estimate of drug-likeness (QED) is 0.616. The predicted octanol–water partition coefficient (Wildman–Crippen LogP) is 5.10. The van der Waals surface area contributed by atoms with Crippen molar-refractivity contribution >= 4 is 15.8 Å². The maximum absolute atomic E-state index is 2.46. The molecule has 0 aromatic heterocycles. The van der Waals surface area contributed by atoms with Gasteiger partial charge in [0.05, 0.1) is 0 Å². The fourth-order valence-corrected chi connectivity index (χ4v) is 10.4. The average molecular weight is 258 g/mol. The van der Waals surface area contributed by atoms with Crippen molar-refractivity contribution in [2.24, 2.45) is 0 Å². The van der Waals surface area contributed by atoms with E-state index in [1.807, 2.05) is 0 Å². The molecule has 94 valence electrons. The van der Waals surface area contributed by atoms with Crippen LogP contribution in [0.1, 0.15) is 51.9 Å². The molecule has 2 heteroatoms. The van der Waals surface area contributed by atoms with Gasteiger partial charge in [0, 0.05) is 0 Å². The molecule has 0 amide bonds. The van der Waals surface area contributed by atoms with Crippen molar-refractivity contribution in [3.63, 3.8) is 0 Å². The lowest BCUT2D eigenvalue weighted by Gasteiger charge is -2.34. The van der Waals surface area contributed by atoms with Crippen LogP contribution in [0.5, 0.6) is 0 Å². The Morgan fingerprint density at radius 3 is 1.94 bits per heavy atom. The first kappa shape index (κ1) is 13.3. The smallest absolute Gasteiger partial charge is 0.0172 e. The van der Waals surface area contributed by atoms with E-state index in [0.717, 1.165) is 0 Å². The number of rotatable bonds is 4. The summed E-state index contributed by atoms with van der Waals surface area (Å²) in [4.78, 5) is 0. The largest absolute Gasteiger partial charge is 0.106 e. The third kappa shape index (κ3) is 3.96. The van der Waals surface area contributed by atoms with Gasteiger partial charge < -0.3 is 0 Å². The van der Waals surface area contributed by atoms with Crippen molar-refractivity contribution in [1.82, 2.24) is 0 Å². The van der Waals surface area contributed by atoms with Crippen molar-refractivity contribution < 1.29 is 0 Å². The average Bonchev–Trinajstić information content (AvgIpc) is 2.38. The Balaban J connectivity index is 1.78. The second kappa shape index (κ2) is 7.33. The van der Waals surface area contributed by atoms with Crippen molar-refractivity contribution in [3.05, 3.63) is 0 Å². The molecule has 16 heavy (non-hydrogen) atoms. The Morgan fingerprint density at radius 1 is 0.812 bits per heavy atom. The van der Waals surface area contributed by atoms with Crippen LogP contribution < -0.4 is 0 Å². The normalized spacial score (nSPS) is 26.8. The fraction of sp³-hybridized carbons (Fsp3) is 1.00. The molecule has 0 aromatic rings. The van der Waals surface area contributed by atoms with Crippen LogP contribution in [0.25, 0.3) is 0 Å². The van der Waals surface area contributed by atoms with E-state index in [2.05, 4.69) is 6.92 Å². The highest BCUT2D eigenvalue weighted by Gasteiger charge is 2.24. The van der Waals surface area contributed by atoms with E-state index in [-0.39, 0.29) is 0 Å². The van der Waals surface area contributed by atoms with Crippen LogP contribution in [-0.2, 0) is 0 Å². The molecule has 2 aliphatic rings. The minimum absolute atomic E-state index is 0.456. The van der Waals surface area contributed by atoms with Crippen molar-refractivity contribution in [1.29, 1.82) is 0 Å². The molecule has 1 atom stereocenters. The molecule has 0 saturated carbocycles. The molecule has 2 heterocycles. The summed E-state index contributed by atoms with van der Waals surface area (Å²) in [6, 6.07) is 0. The molecule has 0 N–H and O–H groups in total. The summed E-state index contributed by atoms with van der Waals surface area (Å²) in [6.07, 6.45) is 18.9. The lowest BCUT2D eigenvalue weighted by molar-refractivity contribution is 0.731. The van der Waals surface area contributed by atoms with E-state index in [9.17, 15) is 0 Å². The van der Waals surface area contributed by atoms with Crippen LogP contribution in [0.15, 0.2) is 0 Å². The minimum Gasteiger partial charge on any atom is -0.106 e. The molecule has 0 spiro atoms. The van der Waals surface area contributed by atoms with E-state index in [1.165, 1.54) is 24.9 Å². The third-order valence-electron chi connectivity index (χ3n) is 4.30. The van der Waals surface area contributed by atoms with Gasteiger partial charge in [0.1, 0.15) is 0 Å². The van der Waals surface area contributed by atoms with E-state index in [1.54, 1.807) is 56.5 Å². The lowest BCUT2D eigenvalue weighted by atomic mass is 10.3. The molecule has 0 bridgehead atoms. The van der Waals surface area contributed by atoms with Crippen LogP contribution in [0.4, 0.5) is 0 Å². The third-order valence-corrected chi connectivity index (χ3v) is 10.8. The van der Waals surface area contributed by atoms with Gasteiger partial charge in [-0.05, 0) is 68.6 Å². The second-order valence-corrected chi connectivity index (χ2v) is 10.9. The molecule has 2 aliphatic heterocycles. The summed E-state index contributed by atoms with van der Waals surface area (Å²) in [7, 11) is 0.931. The summed E-state index contributed by atoms with van der Waals surface area (Å²) in [5.41, 5.74) is 1.17. The summed E-state index contributed by atoms with van der Waals surface area (Å²) >= 11 is 0. The Hall–Kier alpha value is 0.860. The van der Waals surface area contributed by atoms with Gasteiger partial charge in [0.15, 0.2) is 0 Å². The molecule has 2 saturated heterocycles. The highest BCUT2D eigenvalue weighted by molar-refractivity contribution is 7.62. The van der Waals surface area contributed by atoms with Crippen molar-refractivity contribution in [3.8, 4) is 0 Å². The van der Waals surface area contributed by atoms with Gasteiger partial charge in [-0.15, -0.1) is 15.8 Å². The summed E-state index contributed by atoms with van der Waals surface area (Å²) in [5, 5.41) is 0. The minimum atomic E-state index is 0.456. The topological polar surface area (TPSA) is 0 Å². The molecule has 0 aromatic carbocycles.